The number of nitrogens with zero attached hydrogens (tertiary/aromatic N) is 3. The van der Waals surface area contributed by atoms with E-state index >= 15 is 0 Å². The minimum Gasteiger partial charge on any atom is -0.378 e. The predicted octanol–water partition coefficient (Wildman–Crippen LogP) is 2.14. The van der Waals surface area contributed by atoms with Gasteiger partial charge in [-0.1, -0.05) is 13.3 Å². The van der Waals surface area contributed by atoms with Crippen molar-refractivity contribution in [2.24, 2.45) is 0 Å². The smallest absolute Gasteiger partial charge is 0.206 e. The molecule has 0 bridgehead atoms. The normalized spacial score (nSPS) is 16.5. The van der Waals surface area contributed by atoms with Crippen LogP contribution >= 0.6 is 0 Å². The molecule has 0 N–H and O–H groups in total. The van der Waals surface area contributed by atoms with E-state index in [2.05, 4.69) is 30.2 Å². The summed E-state index contributed by atoms with van der Waals surface area (Å²) in [5.41, 5.74) is 2.46. The molecule has 1 aliphatic rings. The van der Waals surface area contributed by atoms with E-state index in [1.165, 1.54) is 18.5 Å². The maximum Gasteiger partial charge on any atom is 0.206 e. The molecule has 0 saturated carbocycles. The molecule has 0 atom stereocenters. The fourth-order valence-electron chi connectivity index (χ4n) is 2.23. The van der Waals surface area contributed by atoms with Crippen LogP contribution in [0.25, 0.3) is 0 Å². The summed E-state index contributed by atoms with van der Waals surface area (Å²) in [6, 6.07) is 0. The van der Waals surface area contributed by atoms with Crippen molar-refractivity contribution >= 4 is 5.95 Å². The number of anilines is 1. The van der Waals surface area contributed by atoms with Gasteiger partial charge in [-0.15, -0.1) is 0 Å². The Morgan fingerprint density at radius 2 is 1.94 bits per heavy atom. The van der Waals surface area contributed by atoms with Crippen LogP contribution in [0.2, 0.25) is 0 Å². The first-order chi connectivity index (χ1) is 8.24. The van der Waals surface area contributed by atoms with Gasteiger partial charge in [-0.3, -0.25) is 0 Å². The lowest BCUT2D eigenvalue weighted by Gasteiger charge is -2.28. The third-order valence-electron chi connectivity index (χ3n) is 3.47. The van der Waals surface area contributed by atoms with Gasteiger partial charge in [0.1, 0.15) is 0 Å². The minimum absolute atomic E-state index is 0.818. The Bertz CT molecular complexity index is 367. The highest BCUT2D eigenvalue weighted by Gasteiger charge is 2.19. The van der Waals surface area contributed by atoms with Crippen molar-refractivity contribution in [3.8, 4) is 0 Å². The van der Waals surface area contributed by atoms with E-state index in [1.54, 1.807) is 0 Å². The Labute approximate surface area is 104 Å². The van der Waals surface area contributed by atoms with Gasteiger partial charge in [0.15, 0.2) is 0 Å². The van der Waals surface area contributed by atoms with Crippen LogP contribution in [0.3, 0.4) is 0 Å². The van der Waals surface area contributed by atoms with E-state index in [1.807, 2.05) is 0 Å². The lowest BCUT2D eigenvalue weighted by molar-refractivity contribution is 0.121. The molecule has 1 aromatic heterocycles. The Morgan fingerprint density at radius 3 is 2.59 bits per heavy atom. The average Bonchev–Trinajstić information content (AvgIpc) is 2.65. The first-order valence-corrected chi connectivity index (χ1v) is 6.60. The van der Waals surface area contributed by atoms with Crippen LogP contribution < -0.4 is 4.90 Å². The third kappa shape index (κ3) is 2.63. The van der Waals surface area contributed by atoms with Crippen molar-refractivity contribution in [1.82, 2.24) is 9.55 Å². The number of aryl methyl sites for hydroxylation is 1. The van der Waals surface area contributed by atoms with Gasteiger partial charge in [0.05, 0.1) is 18.9 Å². The molecule has 0 unspecified atom stereocenters. The van der Waals surface area contributed by atoms with E-state index in [0.29, 0.717) is 0 Å². The Kier molecular flexibility index (Phi) is 4.05. The number of hydrogen-bond donors (Lipinski definition) is 0. The first kappa shape index (κ1) is 12.4. The molecule has 2 rings (SSSR count). The Balaban J connectivity index is 2.21. The topological polar surface area (TPSA) is 30.3 Å². The van der Waals surface area contributed by atoms with E-state index in [4.69, 9.17) is 9.72 Å². The van der Waals surface area contributed by atoms with Crippen LogP contribution in [0, 0.1) is 13.8 Å². The van der Waals surface area contributed by atoms with E-state index in [0.717, 1.165) is 44.5 Å². The van der Waals surface area contributed by atoms with Crippen molar-refractivity contribution in [2.45, 2.75) is 40.2 Å². The summed E-state index contributed by atoms with van der Waals surface area (Å²) in [5, 5.41) is 0. The molecule has 1 aromatic rings. The fraction of sp³-hybridized carbons (Fsp3) is 0.769. The monoisotopic (exact) mass is 237 g/mol. The molecule has 0 radical (unpaired) electrons. The Hall–Kier alpha value is -1.03. The highest BCUT2D eigenvalue weighted by molar-refractivity contribution is 5.37. The van der Waals surface area contributed by atoms with Gasteiger partial charge in [0, 0.05) is 25.3 Å². The molecular formula is C13H23N3O. The predicted molar refractivity (Wildman–Crippen MR) is 69.6 cm³/mol. The minimum atomic E-state index is 0.818. The highest BCUT2D eigenvalue weighted by atomic mass is 16.5. The lowest BCUT2D eigenvalue weighted by atomic mass is 10.3. The molecule has 0 amide bonds. The van der Waals surface area contributed by atoms with Crippen LogP contribution in [-0.2, 0) is 11.3 Å². The number of ether oxygens (including phenoxy) is 1. The van der Waals surface area contributed by atoms with Crippen LogP contribution in [0.15, 0.2) is 0 Å². The van der Waals surface area contributed by atoms with E-state index in [-0.39, 0.29) is 0 Å². The molecule has 2 heterocycles. The number of hydrogen-bond acceptors (Lipinski definition) is 3. The molecular weight excluding hydrogens is 214 g/mol. The zero-order valence-corrected chi connectivity index (χ0v) is 11.2. The summed E-state index contributed by atoms with van der Waals surface area (Å²) < 4.78 is 7.77. The summed E-state index contributed by atoms with van der Waals surface area (Å²) >= 11 is 0. The van der Waals surface area contributed by atoms with Gasteiger partial charge in [-0.25, -0.2) is 4.98 Å². The van der Waals surface area contributed by atoms with Crippen molar-refractivity contribution in [2.75, 3.05) is 31.2 Å². The van der Waals surface area contributed by atoms with Crippen LogP contribution in [0.5, 0.6) is 0 Å². The van der Waals surface area contributed by atoms with Crippen LogP contribution in [0.4, 0.5) is 5.95 Å². The number of aromatic nitrogens is 2. The summed E-state index contributed by atoms with van der Waals surface area (Å²) in [6.07, 6.45) is 2.44. The second-order valence-electron chi connectivity index (χ2n) is 4.69. The van der Waals surface area contributed by atoms with Gasteiger partial charge in [0.2, 0.25) is 5.95 Å². The van der Waals surface area contributed by atoms with Gasteiger partial charge >= 0.3 is 0 Å². The van der Waals surface area contributed by atoms with Gasteiger partial charge < -0.3 is 14.2 Å². The van der Waals surface area contributed by atoms with Gasteiger partial charge in [-0.2, -0.15) is 0 Å². The highest BCUT2D eigenvalue weighted by Crippen LogP contribution is 2.20. The number of rotatable bonds is 4. The second kappa shape index (κ2) is 5.54. The molecule has 4 heteroatoms. The van der Waals surface area contributed by atoms with Gasteiger partial charge in [-0.05, 0) is 20.3 Å². The van der Waals surface area contributed by atoms with Crippen molar-refractivity contribution in [3.05, 3.63) is 11.4 Å². The molecule has 1 saturated heterocycles. The van der Waals surface area contributed by atoms with Gasteiger partial charge in [0.25, 0.3) is 0 Å². The van der Waals surface area contributed by atoms with Crippen LogP contribution in [0.1, 0.15) is 31.2 Å². The summed E-state index contributed by atoms with van der Waals surface area (Å²) in [6.45, 7) is 11.1. The summed E-state index contributed by atoms with van der Waals surface area (Å²) in [7, 11) is 0. The first-order valence-electron chi connectivity index (χ1n) is 6.60. The maximum atomic E-state index is 5.40. The van der Waals surface area contributed by atoms with Crippen molar-refractivity contribution < 1.29 is 4.74 Å². The van der Waals surface area contributed by atoms with Crippen molar-refractivity contribution in [3.63, 3.8) is 0 Å². The summed E-state index contributed by atoms with van der Waals surface area (Å²) in [5.74, 6) is 1.14. The number of unbranched alkanes of at least 4 members (excludes halogenated alkanes) is 1. The zero-order valence-electron chi connectivity index (χ0n) is 11.2. The Morgan fingerprint density at radius 1 is 1.24 bits per heavy atom. The number of morpholine rings is 1. The van der Waals surface area contributed by atoms with Crippen LogP contribution in [-0.4, -0.2) is 35.9 Å². The summed E-state index contributed by atoms with van der Waals surface area (Å²) in [4.78, 5) is 7.07. The second-order valence-corrected chi connectivity index (χ2v) is 4.69. The molecule has 1 aliphatic heterocycles. The lowest BCUT2D eigenvalue weighted by Crippen LogP contribution is -2.38. The molecule has 96 valence electrons. The van der Waals surface area contributed by atoms with E-state index < -0.39 is 0 Å². The molecule has 0 spiro atoms. The molecule has 0 aliphatic carbocycles. The standard InChI is InChI=1S/C13H23N3O/c1-4-5-6-16-12(3)11(2)14-13(16)15-7-9-17-10-8-15/h4-10H2,1-3H3. The average molecular weight is 237 g/mol. The number of imidazole rings is 1. The molecule has 17 heavy (non-hydrogen) atoms. The van der Waals surface area contributed by atoms with Crippen molar-refractivity contribution in [1.29, 1.82) is 0 Å². The maximum absolute atomic E-state index is 5.40. The molecule has 0 aromatic carbocycles. The molecule has 4 nitrogen and oxygen atoms in total. The quantitative estimate of drug-likeness (QED) is 0.803. The molecule has 1 fully saturated rings. The fourth-order valence-corrected chi connectivity index (χ4v) is 2.23. The van der Waals surface area contributed by atoms with E-state index in [9.17, 15) is 0 Å². The zero-order chi connectivity index (χ0) is 12.3. The third-order valence-corrected chi connectivity index (χ3v) is 3.47. The largest absolute Gasteiger partial charge is 0.378 e. The SMILES string of the molecule is CCCCn1c(N2CCOCC2)nc(C)c1C.